The molecule has 1 aliphatic carbocycles. The van der Waals surface area contributed by atoms with Crippen molar-refractivity contribution in [2.45, 2.75) is 58.9 Å². The zero-order valence-corrected chi connectivity index (χ0v) is 12.0. The zero-order valence-electron chi connectivity index (χ0n) is 12.0. The first-order valence-electron chi connectivity index (χ1n) is 7.36. The monoisotopic (exact) mass is 253 g/mol. The second kappa shape index (κ2) is 5.20. The molecule has 0 amide bonds. The lowest BCUT2D eigenvalue weighted by Crippen LogP contribution is -2.48. The quantitative estimate of drug-likeness (QED) is 0.822. The van der Waals surface area contributed by atoms with Gasteiger partial charge in [-0.1, -0.05) is 20.8 Å². The zero-order chi connectivity index (χ0) is 13.3. The number of aliphatic carboxylic acids is 1. The third-order valence-corrected chi connectivity index (χ3v) is 5.00. The number of rotatable bonds is 2. The number of carboxylic acids is 1. The molecule has 3 nitrogen and oxygen atoms in total. The minimum atomic E-state index is -0.604. The summed E-state index contributed by atoms with van der Waals surface area (Å²) in [5, 5.41) is 9.04. The maximum Gasteiger partial charge on any atom is 0.306 e. The van der Waals surface area contributed by atoms with Crippen molar-refractivity contribution in [3.8, 4) is 0 Å². The third kappa shape index (κ3) is 3.05. The van der Waals surface area contributed by atoms with Crippen LogP contribution >= 0.6 is 0 Å². The minimum absolute atomic E-state index is 0.100. The van der Waals surface area contributed by atoms with Gasteiger partial charge < -0.3 is 10.0 Å². The molecule has 1 heterocycles. The Labute approximate surface area is 111 Å². The van der Waals surface area contributed by atoms with Crippen molar-refractivity contribution >= 4 is 5.97 Å². The van der Waals surface area contributed by atoms with Crippen molar-refractivity contribution in [3.05, 3.63) is 0 Å². The number of nitrogens with zero attached hydrogens (tertiary/aromatic N) is 1. The van der Waals surface area contributed by atoms with Crippen LogP contribution in [0.1, 0.15) is 52.9 Å². The smallest absolute Gasteiger partial charge is 0.306 e. The molecule has 1 saturated heterocycles. The van der Waals surface area contributed by atoms with Crippen LogP contribution in [-0.2, 0) is 4.79 Å². The minimum Gasteiger partial charge on any atom is -0.481 e. The van der Waals surface area contributed by atoms with E-state index in [4.69, 9.17) is 5.11 Å². The summed E-state index contributed by atoms with van der Waals surface area (Å²) >= 11 is 0. The van der Waals surface area contributed by atoms with Gasteiger partial charge in [0.25, 0.3) is 0 Å². The maximum atomic E-state index is 11.0. The predicted octanol–water partition coefficient (Wildman–Crippen LogP) is 3.00. The SMILES string of the molecule is CC1CC(C)(C)CCC1N1CCC(C(=O)O)CC1. The van der Waals surface area contributed by atoms with Crippen LogP contribution in [0.3, 0.4) is 0 Å². The highest BCUT2D eigenvalue weighted by Crippen LogP contribution is 2.41. The molecular formula is C15H27NO2. The van der Waals surface area contributed by atoms with Crippen LogP contribution in [0.5, 0.6) is 0 Å². The van der Waals surface area contributed by atoms with Gasteiger partial charge in [0.05, 0.1) is 5.92 Å². The molecule has 2 aliphatic rings. The number of carbonyl (C=O) groups is 1. The lowest BCUT2D eigenvalue weighted by Gasteiger charge is -2.46. The Morgan fingerprint density at radius 3 is 2.33 bits per heavy atom. The molecule has 0 spiro atoms. The summed E-state index contributed by atoms with van der Waals surface area (Å²) in [6.07, 6.45) is 5.56. The molecule has 0 aromatic carbocycles. The van der Waals surface area contributed by atoms with Crippen molar-refractivity contribution in [1.29, 1.82) is 0 Å². The fourth-order valence-electron chi connectivity index (χ4n) is 3.95. The molecule has 18 heavy (non-hydrogen) atoms. The number of carboxylic acid groups (broad SMARTS) is 1. The molecular weight excluding hydrogens is 226 g/mol. The van der Waals surface area contributed by atoms with Gasteiger partial charge in [0.2, 0.25) is 0 Å². The summed E-state index contributed by atoms with van der Waals surface area (Å²) in [4.78, 5) is 13.5. The van der Waals surface area contributed by atoms with E-state index in [2.05, 4.69) is 25.7 Å². The van der Waals surface area contributed by atoms with Crippen LogP contribution in [0.2, 0.25) is 0 Å². The Kier molecular flexibility index (Phi) is 4.00. The Balaban J connectivity index is 1.88. The standard InChI is InChI=1S/C15H27NO2/c1-11-10-15(2,3)7-4-13(11)16-8-5-12(6-9-16)14(17)18/h11-13H,4-10H2,1-3H3,(H,17,18). The first-order chi connectivity index (χ1) is 8.39. The second-order valence-electron chi connectivity index (χ2n) is 7.10. The van der Waals surface area contributed by atoms with Crippen LogP contribution in [0.15, 0.2) is 0 Å². The molecule has 0 aromatic rings. The van der Waals surface area contributed by atoms with Gasteiger partial charge in [0.15, 0.2) is 0 Å². The van der Waals surface area contributed by atoms with Crippen LogP contribution in [0, 0.1) is 17.3 Å². The third-order valence-electron chi connectivity index (χ3n) is 5.00. The lowest BCUT2D eigenvalue weighted by atomic mass is 9.70. The highest BCUT2D eigenvalue weighted by Gasteiger charge is 2.37. The van der Waals surface area contributed by atoms with E-state index in [9.17, 15) is 4.79 Å². The van der Waals surface area contributed by atoms with E-state index in [0.717, 1.165) is 31.8 Å². The molecule has 2 rings (SSSR count). The highest BCUT2D eigenvalue weighted by atomic mass is 16.4. The Morgan fingerprint density at radius 2 is 1.83 bits per heavy atom. The van der Waals surface area contributed by atoms with Gasteiger partial charge in [-0.25, -0.2) is 0 Å². The van der Waals surface area contributed by atoms with E-state index in [1.807, 2.05) is 0 Å². The summed E-state index contributed by atoms with van der Waals surface area (Å²) < 4.78 is 0. The first-order valence-corrected chi connectivity index (χ1v) is 7.36. The second-order valence-corrected chi connectivity index (χ2v) is 7.10. The largest absolute Gasteiger partial charge is 0.481 e. The van der Waals surface area contributed by atoms with Gasteiger partial charge in [-0.15, -0.1) is 0 Å². The van der Waals surface area contributed by atoms with Crippen molar-refractivity contribution in [2.24, 2.45) is 17.3 Å². The van der Waals surface area contributed by atoms with Crippen molar-refractivity contribution in [3.63, 3.8) is 0 Å². The highest BCUT2D eigenvalue weighted by molar-refractivity contribution is 5.70. The summed E-state index contributed by atoms with van der Waals surface area (Å²) in [5.74, 6) is 0.0409. The Hall–Kier alpha value is -0.570. The van der Waals surface area contributed by atoms with E-state index in [1.54, 1.807) is 0 Å². The maximum absolute atomic E-state index is 11.0. The number of likely N-dealkylation sites (tertiary alicyclic amines) is 1. The van der Waals surface area contributed by atoms with Crippen LogP contribution in [0.4, 0.5) is 0 Å². The number of hydrogen-bond acceptors (Lipinski definition) is 2. The molecule has 1 aliphatic heterocycles. The Morgan fingerprint density at radius 1 is 1.22 bits per heavy atom. The summed E-state index contributed by atoms with van der Waals surface area (Å²) in [5.41, 5.74) is 0.495. The van der Waals surface area contributed by atoms with Gasteiger partial charge in [0, 0.05) is 6.04 Å². The topological polar surface area (TPSA) is 40.5 Å². The number of hydrogen-bond donors (Lipinski definition) is 1. The van der Waals surface area contributed by atoms with E-state index in [1.165, 1.54) is 19.3 Å². The fourth-order valence-corrected chi connectivity index (χ4v) is 3.95. The van der Waals surface area contributed by atoms with Crippen LogP contribution in [-0.4, -0.2) is 35.1 Å². The van der Waals surface area contributed by atoms with E-state index < -0.39 is 5.97 Å². The van der Waals surface area contributed by atoms with Crippen molar-refractivity contribution < 1.29 is 9.90 Å². The van der Waals surface area contributed by atoms with Gasteiger partial charge >= 0.3 is 5.97 Å². The van der Waals surface area contributed by atoms with Crippen molar-refractivity contribution in [2.75, 3.05) is 13.1 Å². The fraction of sp³-hybridized carbons (Fsp3) is 0.933. The molecule has 0 radical (unpaired) electrons. The average Bonchev–Trinajstić information content (AvgIpc) is 2.28. The summed E-state index contributed by atoms with van der Waals surface area (Å²) in [6.45, 7) is 9.07. The van der Waals surface area contributed by atoms with Crippen LogP contribution in [0.25, 0.3) is 0 Å². The van der Waals surface area contributed by atoms with Crippen LogP contribution < -0.4 is 0 Å². The summed E-state index contributed by atoms with van der Waals surface area (Å²) in [7, 11) is 0. The molecule has 3 heteroatoms. The molecule has 0 aromatic heterocycles. The van der Waals surface area contributed by atoms with E-state index in [-0.39, 0.29) is 5.92 Å². The van der Waals surface area contributed by atoms with E-state index in [0.29, 0.717) is 11.5 Å². The molecule has 2 atom stereocenters. The average molecular weight is 253 g/mol. The number of piperidine rings is 1. The normalized spacial score (nSPS) is 34.4. The van der Waals surface area contributed by atoms with Crippen molar-refractivity contribution in [1.82, 2.24) is 4.90 Å². The molecule has 1 N–H and O–H groups in total. The molecule has 2 fully saturated rings. The van der Waals surface area contributed by atoms with Gasteiger partial charge in [-0.2, -0.15) is 0 Å². The lowest BCUT2D eigenvalue weighted by molar-refractivity contribution is -0.143. The van der Waals surface area contributed by atoms with Gasteiger partial charge in [-0.05, 0) is 56.5 Å². The van der Waals surface area contributed by atoms with Gasteiger partial charge in [-0.3, -0.25) is 4.79 Å². The van der Waals surface area contributed by atoms with E-state index >= 15 is 0 Å². The molecule has 104 valence electrons. The molecule has 0 bridgehead atoms. The summed E-state index contributed by atoms with van der Waals surface area (Å²) in [6, 6.07) is 0.688. The van der Waals surface area contributed by atoms with Gasteiger partial charge in [0.1, 0.15) is 0 Å². The predicted molar refractivity (Wildman–Crippen MR) is 72.5 cm³/mol. The molecule has 2 unspecified atom stereocenters. The Bertz CT molecular complexity index is 306. The molecule has 1 saturated carbocycles. The first kappa shape index (κ1) is 13.9.